The van der Waals surface area contributed by atoms with E-state index in [4.69, 9.17) is 4.42 Å². The van der Waals surface area contributed by atoms with Crippen LogP contribution in [0.5, 0.6) is 0 Å². The lowest BCUT2D eigenvalue weighted by Crippen LogP contribution is -2.04. The molecule has 1 atom stereocenters. The predicted molar refractivity (Wildman–Crippen MR) is 64.7 cm³/mol. The fourth-order valence-corrected chi connectivity index (χ4v) is 2.05. The molecule has 86 valence electrons. The van der Waals surface area contributed by atoms with Gasteiger partial charge in [0.25, 0.3) is 0 Å². The van der Waals surface area contributed by atoms with Crippen LogP contribution in [-0.4, -0.2) is 10.2 Å². The molecule has 0 aromatic carbocycles. The van der Waals surface area contributed by atoms with E-state index in [0.717, 1.165) is 0 Å². The molecule has 0 spiro atoms. The van der Waals surface area contributed by atoms with Gasteiger partial charge in [-0.15, -0.1) is 16.4 Å². The summed E-state index contributed by atoms with van der Waals surface area (Å²) >= 11 is 1.71. The van der Waals surface area contributed by atoms with Gasteiger partial charge >= 0.3 is 6.01 Å². The average Bonchev–Trinajstić information content (AvgIpc) is 2.87. The summed E-state index contributed by atoms with van der Waals surface area (Å²) in [6, 6.07) is 4.80. The summed E-state index contributed by atoms with van der Waals surface area (Å²) in [7, 11) is 0. The highest BCUT2D eigenvalue weighted by atomic mass is 32.1. The minimum absolute atomic E-state index is 0.195. The van der Waals surface area contributed by atoms with Crippen molar-refractivity contribution in [2.24, 2.45) is 0 Å². The predicted octanol–water partition coefficient (Wildman–Crippen LogP) is 3.43. The van der Waals surface area contributed by atoms with Crippen LogP contribution in [0.3, 0.4) is 0 Å². The summed E-state index contributed by atoms with van der Waals surface area (Å²) < 4.78 is 5.49. The molecule has 4 nitrogen and oxygen atoms in total. The van der Waals surface area contributed by atoms with Crippen molar-refractivity contribution in [3.63, 3.8) is 0 Å². The maximum atomic E-state index is 5.49. The molecule has 0 saturated heterocycles. The lowest BCUT2D eigenvalue weighted by atomic mass is 10.2. The molecule has 2 rings (SSSR count). The van der Waals surface area contributed by atoms with Crippen molar-refractivity contribution in [3.8, 4) is 0 Å². The lowest BCUT2D eigenvalue weighted by molar-refractivity contribution is 0.477. The quantitative estimate of drug-likeness (QED) is 0.885. The Balaban J connectivity index is 2.03. The van der Waals surface area contributed by atoms with Crippen LogP contribution in [0, 0.1) is 0 Å². The van der Waals surface area contributed by atoms with Gasteiger partial charge in [-0.25, -0.2) is 0 Å². The Labute approximate surface area is 98.7 Å². The van der Waals surface area contributed by atoms with E-state index in [1.54, 1.807) is 11.3 Å². The van der Waals surface area contributed by atoms with E-state index in [0.29, 0.717) is 11.9 Å². The SMILES string of the molecule is CC(C)c1nnc(NC(C)c2cccs2)o1. The highest BCUT2D eigenvalue weighted by molar-refractivity contribution is 7.10. The van der Waals surface area contributed by atoms with Crippen LogP contribution in [0.25, 0.3) is 0 Å². The number of hydrogen-bond donors (Lipinski definition) is 1. The minimum Gasteiger partial charge on any atom is -0.408 e. The topological polar surface area (TPSA) is 51.0 Å². The van der Waals surface area contributed by atoms with Crippen molar-refractivity contribution in [2.75, 3.05) is 5.32 Å². The summed E-state index contributed by atoms with van der Waals surface area (Å²) in [5.74, 6) is 0.931. The third-order valence-electron chi connectivity index (χ3n) is 2.24. The number of nitrogens with zero attached hydrogens (tertiary/aromatic N) is 2. The fraction of sp³-hybridized carbons (Fsp3) is 0.455. The monoisotopic (exact) mass is 237 g/mol. The molecule has 2 aromatic heterocycles. The smallest absolute Gasteiger partial charge is 0.315 e. The number of rotatable bonds is 4. The summed E-state index contributed by atoms with van der Waals surface area (Å²) in [4.78, 5) is 1.25. The third-order valence-corrected chi connectivity index (χ3v) is 3.30. The molecular formula is C11H15N3OS. The van der Waals surface area contributed by atoms with E-state index >= 15 is 0 Å². The van der Waals surface area contributed by atoms with Gasteiger partial charge in [0, 0.05) is 10.8 Å². The first-order chi connectivity index (χ1) is 7.66. The molecule has 0 aliphatic rings. The zero-order valence-electron chi connectivity index (χ0n) is 9.60. The maximum Gasteiger partial charge on any atom is 0.315 e. The zero-order valence-corrected chi connectivity index (χ0v) is 10.4. The molecule has 0 saturated carbocycles. The van der Waals surface area contributed by atoms with Crippen molar-refractivity contribution in [1.82, 2.24) is 10.2 Å². The van der Waals surface area contributed by atoms with Crippen molar-refractivity contribution >= 4 is 17.4 Å². The largest absolute Gasteiger partial charge is 0.408 e. The van der Waals surface area contributed by atoms with Gasteiger partial charge in [-0.05, 0) is 18.4 Å². The number of thiophene rings is 1. The van der Waals surface area contributed by atoms with E-state index in [2.05, 4.69) is 33.9 Å². The summed E-state index contributed by atoms with van der Waals surface area (Å²) in [5.41, 5.74) is 0. The van der Waals surface area contributed by atoms with E-state index in [1.807, 2.05) is 19.9 Å². The van der Waals surface area contributed by atoms with E-state index in [-0.39, 0.29) is 12.0 Å². The number of hydrogen-bond acceptors (Lipinski definition) is 5. The van der Waals surface area contributed by atoms with Gasteiger partial charge in [0.1, 0.15) is 0 Å². The van der Waals surface area contributed by atoms with Gasteiger partial charge in [0.05, 0.1) is 6.04 Å². The molecule has 2 aromatic rings. The Morgan fingerprint density at radius 2 is 2.12 bits per heavy atom. The van der Waals surface area contributed by atoms with Gasteiger partial charge in [-0.3, -0.25) is 0 Å². The van der Waals surface area contributed by atoms with E-state index < -0.39 is 0 Å². The highest BCUT2D eigenvalue weighted by Crippen LogP contribution is 2.23. The lowest BCUT2D eigenvalue weighted by Gasteiger charge is -2.08. The van der Waals surface area contributed by atoms with Crippen molar-refractivity contribution in [1.29, 1.82) is 0 Å². The first-order valence-electron chi connectivity index (χ1n) is 5.30. The van der Waals surface area contributed by atoms with Crippen LogP contribution in [0.1, 0.15) is 43.5 Å². The van der Waals surface area contributed by atoms with Crippen molar-refractivity contribution in [3.05, 3.63) is 28.3 Å². The van der Waals surface area contributed by atoms with Crippen molar-refractivity contribution < 1.29 is 4.42 Å². The Morgan fingerprint density at radius 3 is 2.69 bits per heavy atom. The number of aromatic nitrogens is 2. The Kier molecular flexibility index (Phi) is 3.24. The Bertz CT molecular complexity index is 436. The van der Waals surface area contributed by atoms with Crippen LogP contribution >= 0.6 is 11.3 Å². The number of nitrogens with one attached hydrogen (secondary N) is 1. The second kappa shape index (κ2) is 4.65. The molecule has 2 heterocycles. The molecule has 0 amide bonds. The standard InChI is InChI=1S/C11H15N3OS/c1-7(2)10-13-14-11(15-10)12-8(3)9-5-4-6-16-9/h4-8H,1-3H3,(H,12,14). The third kappa shape index (κ3) is 2.41. The zero-order chi connectivity index (χ0) is 11.5. The summed E-state index contributed by atoms with van der Waals surface area (Å²) in [6.45, 7) is 6.13. The minimum atomic E-state index is 0.195. The van der Waals surface area contributed by atoms with Gasteiger partial charge in [0.15, 0.2) is 0 Å². The second-order valence-corrected chi connectivity index (χ2v) is 4.96. The van der Waals surface area contributed by atoms with Crippen LogP contribution in [0.2, 0.25) is 0 Å². The molecule has 0 aliphatic carbocycles. The molecule has 0 aliphatic heterocycles. The second-order valence-electron chi connectivity index (χ2n) is 3.98. The first-order valence-corrected chi connectivity index (χ1v) is 6.18. The summed E-state index contributed by atoms with van der Waals surface area (Å²) in [6.07, 6.45) is 0. The normalized spacial score (nSPS) is 13.0. The van der Waals surface area contributed by atoms with E-state index in [1.165, 1.54) is 4.88 Å². The Morgan fingerprint density at radius 1 is 1.31 bits per heavy atom. The van der Waals surface area contributed by atoms with Gasteiger partial charge in [-0.1, -0.05) is 25.0 Å². The molecule has 0 radical (unpaired) electrons. The molecule has 1 N–H and O–H groups in total. The molecular weight excluding hydrogens is 222 g/mol. The van der Waals surface area contributed by atoms with Gasteiger partial charge in [-0.2, -0.15) is 0 Å². The van der Waals surface area contributed by atoms with Crippen LogP contribution < -0.4 is 5.32 Å². The van der Waals surface area contributed by atoms with Crippen molar-refractivity contribution in [2.45, 2.75) is 32.7 Å². The average molecular weight is 237 g/mol. The first kappa shape index (κ1) is 11.1. The summed E-state index contributed by atoms with van der Waals surface area (Å²) in [5, 5.41) is 13.2. The highest BCUT2D eigenvalue weighted by Gasteiger charge is 2.12. The molecule has 1 unspecified atom stereocenters. The molecule has 0 fully saturated rings. The fourth-order valence-electron chi connectivity index (χ4n) is 1.32. The van der Waals surface area contributed by atoms with E-state index in [9.17, 15) is 0 Å². The van der Waals surface area contributed by atoms with Gasteiger partial charge in [0.2, 0.25) is 5.89 Å². The maximum absolute atomic E-state index is 5.49. The number of anilines is 1. The molecule has 16 heavy (non-hydrogen) atoms. The molecule has 5 heteroatoms. The Hall–Kier alpha value is -1.36. The molecule has 0 bridgehead atoms. The van der Waals surface area contributed by atoms with Gasteiger partial charge < -0.3 is 9.73 Å². The van der Waals surface area contributed by atoms with Crippen LogP contribution in [-0.2, 0) is 0 Å². The van der Waals surface area contributed by atoms with Crippen LogP contribution in [0.15, 0.2) is 21.9 Å². The van der Waals surface area contributed by atoms with Crippen LogP contribution in [0.4, 0.5) is 6.01 Å².